The molecule has 0 aliphatic carbocycles. The van der Waals surface area contributed by atoms with E-state index >= 15 is 0 Å². The predicted octanol–water partition coefficient (Wildman–Crippen LogP) is 1.29. The third-order valence-corrected chi connectivity index (χ3v) is 2.64. The molecule has 1 fully saturated rings. The van der Waals surface area contributed by atoms with Crippen molar-refractivity contribution in [2.45, 2.75) is 25.4 Å². The molecule has 0 spiro atoms. The van der Waals surface area contributed by atoms with E-state index in [0.29, 0.717) is 13.0 Å². The molecule has 14 heavy (non-hydrogen) atoms. The molecule has 0 bridgehead atoms. The van der Waals surface area contributed by atoms with Gasteiger partial charge in [-0.2, -0.15) is 0 Å². The summed E-state index contributed by atoms with van der Waals surface area (Å²) in [6, 6.07) is 0. The van der Waals surface area contributed by atoms with Crippen molar-refractivity contribution in [3.8, 4) is 0 Å². The first-order chi connectivity index (χ1) is 6.44. The molecule has 1 heterocycles. The zero-order valence-corrected chi connectivity index (χ0v) is 8.22. The van der Waals surface area contributed by atoms with Gasteiger partial charge < -0.3 is 5.11 Å². The highest BCUT2D eigenvalue weighted by Gasteiger charge is 2.34. The average Bonchev–Trinajstić information content (AvgIpc) is 2.11. The molecule has 0 amide bonds. The van der Waals surface area contributed by atoms with Gasteiger partial charge in [-0.1, -0.05) is 6.92 Å². The van der Waals surface area contributed by atoms with E-state index in [0.717, 1.165) is 0 Å². The normalized spacial score (nSPS) is 30.6. The number of likely N-dealkylation sites (tertiary alicyclic amines) is 1. The summed E-state index contributed by atoms with van der Waals surface area (Å²) in [5.41, 5.74) is 0. The summed E-state index contributed by atoms with van der Waals surface area (Å²) in [5.74, 6) is -3.16. The van der Waals surface area contributed by atoms with Crippen molar-refractivity contribution in [2.75, 3.05) is 26.2 Å². The Morgan fingerprint density at radius 1 is 1.50 bits per heavy atom. The van der Waals surface area contributed by atoms with Crippen LogP contribution < -0.4 is 0 Å². The number of nitrogens with zero attached hydrogens (tertiary/aromatic N) is 1. The molecular weight excluding hydrogens is 195 g/mol. The molecule has 84 valence electrons. The quantitative estimate of drug-likeness (QED) is 0.760. The minimum Gasteiger partial charge on any atom is -0.390 e. The van der Waals surface area contributed by atoms with Crippen LogP contribution >= 0.6 is 0 Å². The Bertz CT molecular complexity index is 189. The zero-order valence-electron chi connectivity index (χ0n) is 8.22. The fourth-order valence-corrected chi connectivity index (χ4v) is 1.61. The Hall–Kier alpha value is -0.290. The Morgan fingerprint density at radius 3 is 2.64 bits per heavy atom. The lowest BCUT2D eigenvalue weighted by Gasteiger charge is -2.34. The number of aliphatic hydroxyl groups is 1. The second-order valence-electron chi connectivity index (χ2n) is 4.03. The summed E-state index contributed by atoms with van der Waals surface area (Å²) < 4.78 is 38.7. The standard InChI is InChI=1S/C9H16F3NO/c1-7-2-3-13(4-8(7)10)5-9(11,12)6-14/h7-8,14H,2-6H2,1H3. The van der Waals surface area contributed by atoms with E-state index in [2.05, 4.69) is 0 Å². The van der Waals surface area contributed by atoms with Crippen LogP contribution in [0, 0.1) is 5.92 Å². The molecular formula is C9H16F3NO. The zero-order chi connectivity index (χ0) is 10.8. The van der Waals surface area contributed by atoms with Crippen LogP contribution in [-0.4, -0.2) is 48.3 Å². The number of piperidine rings is 1. The van der Waals surface area contributed by atoms with Gasteiger partial charge in [0.2, 0.25) is 0 Å². The molecule has 0 saturated carbocycles. The highest BCUT2D eigenvalue weighted by Crippen LogP contribution is 2.23. The van der Waals surface area contributed by atoms with Crippen LogP contribution in [-0.2, 0) is 0 Å². The molecule has 1 aliphatic heterocycles. The smallest absolute Gasteiger partial charge is 0.283 e. The van der Waals surface area contributed by atoms with E-state index in [4.69, 9.17) is 5.11 Å². The number of hydrogen-bond donors (Lipinski definition) is 1. The summed E-state index contributed by atoms with van der Waals surface area (Å²) >= 11 is 0. The lowest BCUT2D eigenvalue weighted by molar-refractivity contribution is -0.0823. The highest BCUT2D eigenvalue weighted by molar-refractivity contribution is 4.81. The van der Waals surface area contributed by atoms with Crippen molar-refractivity contribution in [3.63, 3.8) is 0 Å². The van der Waals surface area contributed by atoms with Crippen molar-refractivity contribution < 1.29 is 18.3 Å². The number of hydrogen-bond acceptors (Lipinski definition) is 2. The Morgan fingerprint density at radius 2 is 2.14 bits per heavy atom. The molecule has 1 aliphatic rings. The first-order valence-corrected chi connectivity index (χ1v) is 4.80. The van der Waals surface area contributed by atoms with E-state index in [1.807, 2.05) is 0 Å². The predicted molar refractivity (Wildman–Crippen MR) is 47.1 cm³/mol. The molecule has 1 saturated heterocycles. The highest BCUT2D eigenvalue weighted by atomic mass is 19.3. The Kier molecular flexibility index (Phi) is 3.78. The summed E-state index contributed by atoms with van der Waals surface area (Å²) in [6.07, 6.45) is -0.430. The lowest BCUT2D eigenvalue weighted by Crippen LogP contribution is -2.47. The molecule has 1 N–H and O–H groups in total. The van der Waals surface area contributed by atoms with Crippen LogP contribution in [0.1, 0.15) is 13.3 Å². The van der Waals surface area contributed by atoms with Crippen LogP contribution in [0.2, 0.25) is 0 Å². The van der Waals surface area contributed by atoms with Crippen molar-refractivity contribution in [3.05, 3.63) is 0 Å². The summed E-state index contributed by atoms with van der Waals surface area (Å²) in [5, 5.41) is 8.37. The van der Waals surface area contributed by atoms with Crippen molar-refractivity contribution in [1.82, 2.24) is 4.90 Å². The topological polar surface area (TPSA) is 23.5 Å². The van der Waals surface area contributed by atoms with Crippen molar-refractivity contribution in [2.24, 2.45) is 5.92 Å². The van der Waals surface area contributed by atoms with Crippen LogP contribution in [0.4, 0.5) is 13.2 Å². The number of alkyl halides is 3. The van der Waals surface area contributed by atoms with Crippen molar-refractivity contribution >= 4 is 0 Å². The number of halogens is 3. The van der Waals surface area contributed by atoms with E-state index < -0.39 is 25.2 Å². The Labute approximate surface area is 81.7 Å². The molecule has 2 unspecified atom stereocenters. The molecule has 2 atom stereocenters. The van der Waals surface area contributed by atoms with Gasteiger partial charge in [0.05, 0.1) is 6.54 Å². The molecule has 0 aromatic rings. The minimum absolute atomic E-state index is 0.0472. The van der Waals surface area contributed by atoms with E-state index in [1.165, 1.54) is 4.90 Å². The molecule has 5 heteroatoms. The van der Waals surface area contributed by atoms with Gasteiger partial charge in [0, 0.05) is 6.54 Å². The SMILES string of the molecule is CC1CCN(CC(F)(F)CO)CC1F. The third-order valence-electron chi connectivity index (χ3n) is 2.64. The molecule has 0 radical (unpaired) electrons. The minimum atomic E-state index is -3.11. The van der Waals surface area contributed by atoms with E-state index in [-0.39, 0.29) is 12.5 Å². The van der Waals surface area contributed by atoms with Gasteiger partial charge in [0.15, 0.2) is 0 Å². The van der Waals surface area contributed by atoms with E-state index in [1.54, 1.807) is 6.92 Å². The molecule has 0 aromatic heterocycles. The molecule has 2 nitrogen and oxygen atoms in total. The number of rotatable bonds is 3. The van der Waals surface area contributed by atoms with Crippen molar-refractivity contribution in [1.29, 1.82) is 0 Å². The Balaban J connectivity index is 2.40. The maximum atomic E-state index is 13.2. The average molecular weight is 211 g/mol. The summed E-state index contributed by atoms with van der Waals surface area (Å²) in [7, 11) is 0. The third kappa shape index (κ3) is 3.13. The maximum Gasteiger partial charge on any atom is 0.283 e. The largest absolute Gasteiger partial charge is 0.390 e. The van der Waals surface area contributed by atoms with Crippen LogP contribution in [0.25, 0.3) is 0 Å². The van der Waals surface area contributed by atoms with Gasteiger partial charge in [-0.15, -0.1) is 0 Å². The van der Waals surface area contributed by atoms with Gasteiger partial charge in [0.1, 0.15) is 12.8 Å². The van der Waals surface area contributed by atoms with Gasteiger partial charge in [-0.25, -0.2) is 13.2 Å². The fourth-order valence-electron chi connectivity index (χ4n) is 1.61. The monoisotopic (exact) mass is 211 g/mol. The van der Waals surface area contributed by atoms with E-state index in [9.17, 15) is 13.2 Å². The molecule has 1 rings (SSSR count). The van der Waals surface area contributed by atoms with Gasteiger partial charge in [-0.3, -0.25) is 4.90 Å². The van der Waals surface area contributed by atoms with Gasteiger partial charge in [-0.05, 0) is 18.9 Å². The van der Waals surface area contributed by atoms with Gasteiger partial charge in [0.25, 0.3) is 5.92 Å². The van der Waals surface area contributed by atoms with Crippen LogP contribution in [0.5, 0.6) is 0 Å². The first kappa shape index (κ1) is 11.8. The van der Waals surface area contributed by atoms with Crippen LogP contribution in [0.3, 0.4) is 0 Å². The summed E-state index contributed by atoms with van der Waals surface area (Å²) in [4.78, 5) is 1.38. The second kappa shape index (κ2) is 4.49. The lowest BCUT2D eigenvalue weighted by atomic mass is 9.97. The molecule has 0 aromatic carbocycles. The van der Waals surface area contributed by atoms with Crippen LogP contribution in [0.15, 0.2) is 0 Å². The first-order valence-electron chi connectivity index (χ1n) is 4.80. The second-order valence-corrected chi connectivity index (χ2v) is 4.03. The summed E-state index contributed by atoms with van der Waals surface area (Å²) in [6.45, 7) is 0.604. The maximum absolute atomic E-state index is 13.2. The fraction of sp³-hybridized carbons (Fsp3) is 1.00. The number of aliphatic hydroxyl groups excluding tert-OH is 1. The van der Waals surface area contributed by atoms with Gasteiger partial charge >= 0.3 is 0 Å².